The summed E-state index contributed by atoms with van der Waals surface area (Å²) in [6.45, 7) is 1.96. The number of hydrogen-bond acceptors (Lipinski definition) is 4. The standard InChI is InChI=1S/C21H17FN4O/c1-13(27)14-5-6-19(22)18(10-14)17-11-20(26-21-16(17)7-9-24-21)25-12-15-4-2-3-8-23-15/h2-11H,12H2,1H3,(H2,24,25,26). The molecule has 0 unspecified atom stereocenters. The van der Waals surface area contributed by atoms with Gasteiger partial charge in [0, 0.05) is 28.9 Å². The number of ketones is 1. The van der Waals surface area contributed by atoms with Crippen molar-refractivity contribution in [2.75, 3.05) is 5.32 Å². The van der Waals surface area contributed by atoms with Gasteiger partial charge in [-0.15, -0.1) is 0 Å². The summed E-state index contributed by atoms with van der Waals surface area (Å²) < 4.78 is 14.6. The number of aromatic amines is 1. The van der Waals surface area contributed by atoms with E-state index < -0.39 is 0 Å². The molecule has 5 nitrogen and oxygen atoms in total. The average molecular weight is 360 g/mol. The molecule has 0 aliphatic carbocycles. The minimum Gasteiger partial charge on any atom is -0.364 e. The van der Waals surface area contributed by atoms with Crippen LogP contribution in [-0.4, -0.2) is 20.7 Å². The van der Waals surface area contributed by atoms with Crippen molar-refractivity contribution in [1.82, 2.24) is 15.0 Å². The van der Waals surface area contributed by atoms with Gasteiger partial charge in [-0.1, -0.05) is 6.07 Å². The highest BCUT2D eigenvalue weighted by molar-refractivity contribution is 5.99. The Morgan fingerprint density at radius 2 is 2.04 bits per heavy atom. The predicted octanol–water partition coefficient (Wildman–Crippen LogP) is 4.58. The van der Waals surface area contributed by atoms with Gasteiger partial charge in [-0.3, -0.25) is 9.78 Å². The number of benzene rings is 1. The fourth-order valence-electron chi connectivity index (χ4n) is 2.99. The summed E-state index contributed by atoms with van der Waals surface area (Å²) in [4.78, 5) is 23.6. The van der Waals surface area contributed by atoms with E-state index in [9.17, 15) is 9.18 Å². The molecule has 0 spiro atoms. The molecule has 0 amide bonds. The topological polar surface area (TPSA) is 70.7 Å². The van der Waals surface area contributed by atoms with Crippen LogP contribution in [0.3, 0.4) is 0 Å². The normalized spacial score (nSPS) is 10.9. The third-order valence-corrected chi connectivity index (χ3v) is 4.37. The van der Waals surface area contributed by atoms with Crippen LogP contribution in [0.25, 0.3) is 22.2 Å². The van der Waals surface area contributed by atoms with E-state index in [-0.39, 0.29) is 11.6 Å². The molecule has 0 bridgehead atoms. The number of rotatable bonds is 5. The summed E-state index contributed by atoms with van der Waals surface area (Å²) in [7, 11) is 0. The molecule has 0 fully saturated rings. The molecule has 4 rings (SSSR count). The van der Waals surface area contributed by atoms with Crippen molar-refractivity contribution >= 4 is 22.6 Å². The second-order valence-electron chi connectivity index (χ2n) is 6.22. The summed E-state index contributed by atoms with van der Waals surface area (Å²) in [5.41, 5.74) is 3.02. The Morgan fingerprint density at radius 3 is 2.81 bits per heavy atom. The molecule has 0 aliphatic heterocycles. The van der Waals surface area contributed by atoms with Crippen LogP contribution in [0.4, 0.5) is 10.2 Å². The number of aromatic nitrogens is 3. The Hall–Kier alpha value is -3.54. The molecule has 1 aromatic carbocycles. The number of hydrogen-bond donors (Lipinski definition) is 2. The summed E-state index contributed by atoms with van der Waals surface area (Å²) in [5.74, 6) is 0.103. The van der Waals surface area contributed by atoms with Crippen LogP contribution in [0.15, 0.2) is 60.9 Å². The van der Waals surface area contributed by atoms with Crippen LogP contribution < -0.4 is 5.32 Å². The summed E-state index contributed by atoms with van der Waals surface area (Å²) in [6, 6.07) is 13.7. The van der Waals surface area contributed by atoms with Crippen LogP contribution in [-0.2, 0) is 6.54 Å². The molecule has 0 atom stereocenters. The minimum atomic E-state index is -0.385. The SMILES string of the molecule is CC(=O)c1ccc(F)c(-c2cc(NCc3ccccn3)nc3[nH]ccc23)c1. The smallest absolute Gasteiger partial charge is 0.159 e. The van der Waals surface area contributed by atoms with Crippen LogP contribution in [0, 0.1) is 5.82 Å². The maximum atomic E-state index is 14.6. The van der Waals surface area contributed by atoms with Gasteiger partial charge in [0.15, 0.2) is 5.78 Å². The van der Waals surface area contributed by atoms with E-state index in [0.717, 1.165) is 11.1 Å². The van der Waals surface area contributed by atoms with E-state index in [1.54, 1.807) is 24.5 Å². The van der Waals surface area contributed by atoms with E-state index in [1.165, 1.54) is 19.1 Å². The van der Waals surface area contributed by atoms with Gasteiger partial charge in [0.25, 0.3) is 0 Å². The first-order chi connectivity index (χ1) is 13.1. The van der Waals surface area contributed by atoms with Gasteiger partial charge < -0.3 is 10.3 Å². The molecule has 3 heterocycles. The largest absolute Gasteiger partial charge is 0.364 e. The predicted molar refractivity (Wildman–Crippen MR) is 103 cm³/mol. The minimum absolute atomic E-state index is 0.107. The Morgan fingerprint density at radius 1 is 1.15 bits per heavy atom. The number of Topliss-reactive ketones (excluding diaryl/α,β-unsaturated/α-hetero) is 1. The molecule has 0 saturated carbocycles. The van der Waals surface area contributed by atoms with Crippen molar-refractivity contribution in [3.63, 3.8) is 0 Å². The number of carbonyl (C=O) groups excluding carboxylic acids is 1. The zero-order chi connectivity index (χ0) is 18.8. The van der Waals surface area contributed by atoms with Crippen molar-refractivity contribution < 1.29 is 9.18 Å². The molecule has 6 heteroatoms. The first-order valence-electron chi connectivity index (χ1n) is 8.54. The summed E-state index contributed by atoms with van der Waals surface area (Å²) >= 11 is 0. The van der Waals surface area contributed by atoms with Crippen molar-refractivity contribution in [3.8, 4) is 11.1 Å². The lowest BCUT2D eigenvalue weighted by atomic mass is 9.99. The molecule has 134 valence electrons. The third kappa shape index (κ3) is 3.42. The van der Waals surface area contributed by atoms with Gasteiger partial charge in [0.2, 0.25) is 0 Å². The molecule has 0 aliphatic rings. The van der Waals surface area contributed by atoms with E-state index in [4.69, 9.17) is 0 Å². The molecule has 2 N–H and O–H groups in total. The van der Waals surface area contributed by atoms with E-state index in [2.05, 4.69) is 20.3 Å². The number of fused-ring (bicyclic) bond motifs is 1. The molecular formula is C21H17FN4O. The highest BCUT2D eigenvalue weighted by Gasteiger charge is 2.14. The van der Waals surface area contributed by atoms with E-state index in [0.29, 0.717) is 34.7 Å². The molecule has 0 radical (unpaired) electrons. The number of nitrogens with one attached hydrogen (secondary N) is 2. The first kappa shape index (κ1) is 16.9. The third-order valence-electron chi connectivity index (χ3n) is 4.37. The maximum absolute atomic E-state index is 14.6. The highest BCUT2D eigenvalue weighted by atomic mass is 19.1. The number of pyridine rings is 2. The van der Waals surface area contributed by atoms with Crippen molar-refractivity contribution in [2.24, 2.45) is 0 Å². The average Bonchev–Trinajstić information content (AvgIpc) is 3.15. The maximum Gasteiger partial charge on any atom is 0.159 e. The van der Waals surface area contributed by atoms with Gasteiger partial charge in [-0.05, 0) is 55.0 Å². The molecule has 4 aromatic rings. The number of anilines is 1. The molecule has 0 saturated heterocycles. The lowest BCUT2D eigenvalue weighted by molar-refractivity contribution is 0.101. The second-order valence-corrected chi connectivity index (χ2v) is 6.22. The van der Waals surface area contributed by atoms with Crippen LogP contribution in [0.2, 0.25) is 0 Å². The first-order valence-corrected chi connectivity index (χ1v) is 8.54. The highest BCUT2D eigenvalue weighted by Crippen LogP contribution is 2.32. The van der Waals surface area contributed by atoms with Gasteiger partial charge in [0.1, 0.15) is 17.3 Å². The Balaban J connectivity index is 1.77. The molecule has 3 aromatic heterocycles. The lowest BCUT2D eigenvalue weighted by Crippen LogP contribution is -2.03. The molecular weight excluding hydrogens is 343 g/mol. The molecule has 27 heavy (non-hydrogen) atoms. The fourth-order valence-corrected chi connectivity index (χ4v) is 2.99. The van der Waals surface area contributed by atoms with Gasteiger partial charge in [0.05, 0.1) is 12.2 Å². The van der Waals surface area contributed by atoms with Gasteiger partial charge in [-0.2, -0.15) is 0 Å². The monoisotopic (exact) mass is 360 g/mol. The zero-order valence-corrected chi connectivity index (χ0v) is 14.7. The quantitative estimate of drug-likeness (QED) is 0.511. The fraction of sp³-hybridized carbons (Fsp3) is 0.0952. The zero-order valence-electron chi connectivity index (χ0n) is 14.7. The Labute approximate surface area is 155 Å². The summed E-state index contributed by atoms with van der Waals surface area (Å²) in [6.07, 6.45) is 3.49. The Bertz CT molecular complexity index is 1120. The van der Waals surface area contributed by atoms with Crippen LogP contribution in [0.5, 0.6) is 0 Å². The van der Waals surface area contributed by atoms with Crippen molar-refractivity contribution in [3.05, 3.63) is 78.0 Å². The van der Waals surface area contributed by atoms with Crippen LogP contribution >= 0.6 is 0 Å². The number of nitrogens with zero attached hydrogens (tertiary/aromatic N) is 2. The van der Waals surface area contributed by atoms with Gasteiger partial charge in [-0.25, -0.2) is 9.37 Å². The number of halogens is 1. The number of H-pyrrole nitrogens is 1. The van der Waals surface area contributed by atoms with E-state index in [1.807, 2.05) is 24.3 Å². The number of carbonyl (C=O) groups is 1. The van der Waals surface area contributed by atoms with Crippen LogP contribution in [0.1, 0.15) is 23.0 Å². The van der Waals surface area contributed by atoms with Crippen molar-refractivity contribution in [1.29, 1.82) is 0 Å². The van der Waals surface area contributed by atoms with Crippen molar-refractivity contribution in [2.45, 2.75) is 13.5 Å². The second kappa shape index (κ2) is 6.99. The lowest BCUT2D eigenvalue weighted by Gasteiger charge is -2.11. The summed E-state index contributed by atoms with van der Waals surface area (Å²) in [5, 5.41) is 4.02. The van der Waals surface area contributed by atoms with Gasteiger partial charge >= 0.3 is 0 Å². The van der Waals surface area contributed by atoms with E-state index >= 15 is 0 Å². The Kier molecular flexibility index (Phi) is 4.38.